The smallest absolute Gasteiger partial charge is 0.0351 e. The quantitative estimate of drug-likeness (QED) is 0.694. The molecule has 0 unspecified atom stereocenters. The van der Waals surface area contributed by atoms with Crippen LogP contribution in [0.15, 0.2) is 12.7 Å². The lowest BCUT2D eigenvalue weighted by Gasteiger charge is -1.89. The van der Waals surface area contributed by atoms with Crippen molar-refractivity contribution in [3.63, 3.8) is 0 Å². The largest absolute Gasteiger partial charge is 0.136 e. The molecule has 0 aliphatic rings. The summed E-state index contributed by atoms with van der Waals surface area (Å²) in [7, 11) is 0. The van der Waals surface area contributed by atoms with E-state index in [1.807, 2.05) is 24.3 Å². The molecule has 14 heavy (non-hydrogen) atoms. The summed E-state index contributed by atoms with van der Waals surface area (Å²) in [6, 6.07) is 0. The maximum atomic E-state index is 3.87. The summed E-state index contributed by atoms with van der Waals surface area (Å²) < 4.78 is 1.33. The molecule has 0 aromatic carbocycles. The molecule has 0 saturated heterocycles. The van der Waals surface area contributed by atoms with Gasteiger partial charge < -0.3 is 0 Å². The average Bonchev–Trinajstić information content (AvgIpc) is 2.55. The van der Waals surface area contributed by atoms with Crippen molar-refractivity contribution >= 4 is 35.6 Å². The Morgan fingerprint density at radius 2 is 1.86 bits per heavy atom. The molecule has 0 amide bonds. The van der Waals surface area contributed by atoms with Gasteiger partial charge in [-0.2, -0.15) is 0 Å². The molecule has 1 rings (SSSR count). The Morgan fingerprint density at radius 3 is 2.29 bits per heavy atom. The van der Waals surface area contributed by atoms with Crippen LogP contribution in [0, 0.1) is 0 Å². The first-order chi connectivity index (χ1) is 6.78. The first kappa shape index (κ1) is 11.0. The Hall–Kier alpha value is -1.08. The number of hydrogen-bond donors (Lipinski definition) is 0. The molecule has 0 bridgehead atoms. The van der Waals surface area contributed by atoms with Crippen LogP contribution in [0.4, 0.5) is 0 Å². The van der Waals surface area contributed by atoms with Crippen LogP contribution in [-0.2, 0) is 0 Å². The van der Waals surface area contributed by atoms with Gasteiger partial charge in [-0.15, -0.1) is 11.3 Å². The summed E-state index contributed by atoms with van der Waals surface area (Å²) in [5.74, 6) is 0. The summed E-state index contributed by atoms with van der Waals surface area (Å²) in [5.41, 5.74) is 1.25. The van der Waals surface area contributed by atoms with Gasteiger partial charge in [0.2, 0.25) is 0 Å². The molecule has 0 fully saturated rings. The maximum Gasteiger partial charge on any atom is 0.0351 e. The van der Waals surface area contributed by atoms with Crippen LogP contribution in [0.5, 0.6) is 0 Å². The van der Waals surface area contributed by atoms with E-state index in [-0.39, 0.29) is 0 Å². The normalized spacial score (nSPS) is 14.2. The Labute approximate surface area is 89.6 Å². The van der Waals surface area contributed by atoms with Gasteiger partial charge in [0.15, 0.2) is 0 Å². The van der Waals surface area contributed by atoms with Crippen molar-refractivity contribution in [2.45, 2.75) is 20.8 Å². The fraction of sp³-hybridized carbons (Fsp3) is 0.231. The zero-order chi connectivity index (χ0) is 10.6. The van der Waals surface area contributed by atoms with Crippen molar-refractivity contribution in [1.29, 1.82) is 0 Å². The predicted molar refractivity (Wildman–Crippen MR) is 68.6 cm³/mol. The molecular formula is C13H16S. The number of rotatable bonds is 2. The number of thiophene rings is 1. The first-order valence-corrected chi connectivity index (χ1v) is 5.60. The second-order valence-electron chi connectivity index (χ2n) is 2.94. The van der Waals surface area contributed by atoms with Crippen LogP contribution in [0.2, 0.25) is 0 Å². The third-order valence-corrected chi connectivity index (χ3v) is 3.37. The van der Waals surface area contributed by atoms with Gasteiger partial charge in [-0.3, -0.25) is 0 Å². The van der Waals surface area contributed by atoms with E-state index in [1.165, 1.54) is 20.2 Å². The second kappa shape index (κ2) is 4.97. The van der Waals surface area contributed by atoms with E-state index in [0.29, 0.717) is 0 Å². The lowest BCUT2D eigenvalue weighted by molar-refractivity contribution is 1.61. The molecule has 1 aromatic rings. The minimum atomic E-state index is 1.25. The van der Waals surface area contributed by atoms with Crippen molar-refractivity contribution in [3.05, 3.63) is 32.8 Å². The highest BCUT2D eigenvalue weighted by atomic mass is 32.1. The van der Waals surface area contributed by atoms with Crippen LogP contribution in [-0.4, -0.2) is 0 Å². The molecular weight excluding hydrogens is 188 g/mol. The highest BCUT2D eigenvalue weighted by Gasteiger charge is 2.01. The summed E-state index contributed by atoms with van der Waals surface area (Å²) in [6.07, 6.45) is 10.4. The Morgan fingerprint density at radius 1 is 1.14 bits per heavy atom. The summed E-state index contributed by atoms with van der Waals surface area (Å²) in [4.78, 5) is 1.30. The van der Waals surface area contributed by atoms with Crippen LogP contribution in [0.3, 0.4) is 0 Å². The SMILES string of the molecule is C=Cc1c(/C=C\C)sc(=C/C)/c1=C\C. The highest BCUT2D eigenvalue weighted by Crippen LogP contribution is 2.11. The zero-order valence-corrected chi connectivity index (χ0v) is 9.82. The monoisotopic (exact) mass is 204 g/mol. The molecule has 1 aromatic heterocycles. The summed E-state index contributed by atoms with van der Waals surface area (Å²) in [5, 5.41) is 1.31. The van der Waals surface area contributed by atoms with Gasteiger partial charge in [0.1, 0.15) is 0 Å². The Balaban J connectivity index is 3.65. The Kier molecular flexibility index (Phi) is 3.90. The van der Waals surface area contributed by atoms with Crippen LogP contribution < -0.4 is 9.75 Å². The van der Waals surface area contributed by atoms with Gasteiger partial charge in [0.25, 0.3) is 0 Å². The summed E-state index contributed by atoms with van der Waals surface area (Å²) >= 11 is 1.81. The van der Waals surface area contributed by atoms with Crippen molar-refractivity contribution in [2.75, 3.05) is 0 Å². The minimum absolute atomic E-state index is 1.25. The Bertz CT molecular complexity index is 458. The molecule has 1 heterocycles. The highest BCUT2D eigenvalue weighted by molar-refractivity contribution is 7.11. The van der Waals surface area contributed by atoms with Gasteiger partial charge in [0, 0.05) is 9.41 Å². The standard InChI is InChI=1S/C13H16S/c1-5-9-13-11(7-3)10(6-2)12(8-4)14-13/h5-9H,3H2,1-2,4H3/b9-5-,10-6-,12-8+. The van der Waals surface area contributed by atoms with E-state index in [1.54, 1.807) is 0 Å². The topological polar surface area (TPSA) is 0 Å². The first-order valence-electron chi connectivity index (χ1n) is 4.79. The third-order valence-electron chi connectivity index (χ3n) is 2.11. The van der Waals surface area contributed by atoms with Crippen molar-refractivity contribution in [2.24, 2.45) is 0 Å². The third kappa shape index (κ3) is 1.88. The van der Waals surface area contributed by atoms with Gasteiger partial charge >= 0.3 is 0 Å². The van der Waals surface area contributed by atoms with Crippen molar-refractivity contribution < 1.29 is 0 Å². The van der Waals surface area contributed by atoms with E-state index in [4.69, 9.17) is 0 Å². The van der Waals surface area contributed by atoms with E-state index in [2.05, 4.69) is 44.7 Å². The second-order valence-corrected chi connectivity index (χ2v) is 4.02. The van der Waals surface area contributed by atoms with Crippen LogP contribution >= 0.6 is 11.3 Å². The molecule has 0 nitrogen and oxygen atoms in total. The van der Waals surface area contributed by atoms with Crippen molar-refractivity contribution in [1.82, 2.24) is 0 Å². The van der Waals surface area contributed by atoms with E-state index < -0.39 is 0 Å². The number of allylic oxidation sites excluding steroid dienone is 1. The average molecular weight is 204 g/mol. The molecule has 0 atom stereocenters. The fourth-order valence-electron chi connectivity index (χ4n) is 1.49. The molecule has 0 saturated carbocycles. The predicted octanol–water partition coefficient (Wildman–Crippen LogP) is 3.03. The van der Waals surface area contributed by atoms with Crippen LogP contribution in [0.25, 0.3) is 24.3 Å². The van der Waals surface area contributed by atoms with Crippen LogP contribution in [0.1, 0.15) is 31.2 Å². The number of hydrogen-bond acceptors (Lipinski definition) is 1. The van der Waals surface area contributed by atoms with Crippen molar-refractivity contribution in [3.8, 4) is 0 Å². The molecule has 74 valence electrons. The molecule has 0 spiro atoms. The van der Waals surface area contributed by atoms with E-state index in [9.17, 15) is 0 Å². The van der Waals surface area contributed by atoms with Gasteiger partial charge in [0.05, 0.1) is 0 Å². The van der Waals surface area contributed by atoms with Gasteiger partial charge in [-0.25, -0.2) is 0 Å². The lowest BCUT2D eigenvalue weighted by atomic mass is 10.2. The molecule has 0 radical (unpaired) electrons. The lowest BCUT2D eigenvalue weighted by Crippen LogP contribution is -2.19. The van der Waals surface area contributed by atoms with E-state index >= 15 is 0 Å². The van der Waals surface area contributed by atoms with Gasteiger partial charge in [-0.1, -0.05) is 30.9 Å². The fourth-order valence-corrected chi connectivity index (χ4v) is 2.69. The molecule has 1 heteroatoms. The minimum Gasteiger partial charge on any atom is -0.136 e. The molecule has 0 aliphatic heterocycles. The van der Waals surface area contributed by atoms with E-state index in [0.717, 1.165) is 0 Å². The summed E-state index contributed by atoms with van der Waals surface area (Å²) in [6.45, 7) is 10.1. The zero-order valence-electron chi connectivity index (χ0n) is 9.00. The molecule has 0 N–H and O–H groups in total. The molecule has 0 aliphatic carbocycles. The van der Waals surface area contributed by atoms with Gasteiger partial charge in [-0.05, 0) is 37.6 Å². The maximum absolute atomic E-state index is 3.87.